The van der Waals surface area contributed by atoms with Crippen molar-refractivity contribution < 1.29 is 36.6 Å². The van der Waals surface area contributed by atoms with Gasteiger partial charge >= 0.3 is 0 Å². The highest BCUT2D eigenvalue weighted by Crippen LogP contribution is 2.35. The Morgan fingerprint density at radius 2 is 1.43 bits per heavy atom. The minimum absolute atomic E-state index is 0.0891. The minimum Gasteiger partial charge on any atom is -0.486 e. The number of hydrogen-bond donors (Lipinski definition) is 1. The summed E-state index contributed by atoms with van der Waals surface area (Å²) < 4.78 is 64.0. The Bertz CT molecular complexity index is 1410. The smallest absolute Gasteiger partial charge is 0.264 e. The van der Waals surface area contributed by atoms with Crippen LogP contribution in [0.25, 0.3) is 0 Å². The number of ether oxygens (including phenoxy) is 4. The van der Waals surface area contributed by atoms with Gasteiger partial charge in [0.2, 0.25) is 5.91 Å². The van der Waals surface area contributed by atoms with Crippen molar-refractivity contribution in [1.82, 2.24) is 5.32 Å². The number of anilines is 1. The van der Waals surface area contributed by atoms with Crippen molar-refractivity contribution in [2.24, 2.45) is 0 Å². The van der Waals surface area contributed by atoms with E-state index in [4.69, 9.17) is 18.9 Å². The monoisotopic (exact) mass is 528 g/mol. The van der Waals surface area contributed by atoms with E-state index in [2.05, 4.69) is 5.32 Å². The molecule has 0 fully saturated rings. The molecule has 0 saturated carbocycles. The van der Waals surface area contributed by atoms with Crippen molar-refractivity contribution in [3.05, 3.63) is 72.0 Å². The molecule has 3 aromatic carbocycles. The molecule has 0 aliphatic carbocycles. The molecule has 9 nitrogen and oxygen atoms in total. The molecule has 2 aliphatic heterocycles. The van der Waals surface area contributed by atoms with E-state index in [1.54, 1.807) is 19.1 Å². The van der Waals surface area contributed by atoms with E-state index in [9.17, 15) is 17.6 Å². The third-order valence-electron chi connectivity index (χ3n) is 5.95. The fourth-order valence-corrected chi connectivity index (χ4v) is 5.50. The Hall–Kier alpha value is -3.99. The number of rotatable bonds is 7. The highest BCUT2D eigenvalue weighted by molar-refractivity contribution is 7.92. The summed E-state index contributed by atoms with van der Waals surface area (Å²) in [6, 6.07) is 14.0. The Kier molecular flexibility index (Phi) is 6.79. The van der Waals surface area contributed by atoms with Crippen LogP contribution in [0, 0.1) is 5.82 Å². The van der Waals surface area contributed by atoms with Gasteiger partial charge in [-0.2, -0.15) is 0 Å². The van der Waals surface area contributed by atoms with Crippen LogP contribution in [0.4, 0.5) is 10.1 Å². The van der Waals surface area contributed by atoms with Crippen LogP contribution in [0.1, 0.15) is 18.5 Å². The highest BCUT2D eigenvalue weighted by atomic mass is 32.2. The van der Waals surface area contributed by atoms with E-state index in [0.29, 0.717) is 49.4 Å². The number of halogens is 1. The molecule has 1 N–H and O–H groups in total. The Morgan fingerprint density at radius 3 is 2.08 bits per heavy atom. The maximum absolute atomic E-state index is 13.7. The fraction of sp³-hybridized carbons (Fsp3) is 0.269. The molecule has 5 rings (SSSR count). The molecule has 0 bridgehead atoms. The van der Waals surface area contributed by atoms with Crippen LogP contribution in [0.3, 0.4) is 0 Å². The number of sulfonamides is 1. The van der Waals surface area contributed by atoms with Gasteiger partial charge in [-0.3, -0.25) is 9.10 Å². The molecule has 1 atom stereocenters. The van der Waals surface area contributed by atoms with Crippen LogP contribution in [-0.2, 0) is 14.8 Å². The summed E-state index contributed by atoms with van der Waals surface area (Å²) in [4.78, 5) is 13.0. The first kappa shape index (κ1) is 24.7. The predicted octanol–water partition coefficient (Wildman–Crippen LogP) is 3.44. The molecule has 0 radical (unpaired) electrons. The Labute approximate surface area is 213 Å². The summed E-state index contributed by atoms with van der Waals surface area (Å²) in [5, 5.41) is 2.83. The maximum atomic E-state index is 13.7. The zero-order valence-corrected chi connectivity index (χ0v) is 20.8. The predicted molar refractivity (Wildman–Crippen MR) is 132 cm³/mol. The van der Waals surface area contributed by atoms with Crippen LogP contribution >= 0.6 is 0 Å². The zero-order valence-electron chi connectivity index (χ0n) is 20.0. The van der Waals surface area contributed by atoms with Crippen molar-refractivity contribution in [2.45, 2.75) is 17.9 Å². The molecule has 0 saturated heterocycles. The molecule has 1 unspecified atom stereocenters. The molecule has 1 amide bonds. The van der Waals surface area contributed by atoms with Gasteiger partial charge in [0.25, 0.3) is 10.0 Å². The maximum Gasteiger partial charge on any atom is 0.264 e. The van der Waals surface area contributed by atoms with E-state index in [1.165, 1.54) is 30.3 Å². The van der Waals surface area contributed by atoms with E-state index in [0.717, 1.165) is 22.0 Å². The molecular formula is C26H25FN2O7S. The first-order valence-electron chi connectivity index (χ1n) is 11.7. The van der Waals surface area contributed by atoms with Crippen molar-refractivity contribution in [1.29, 1.82) is 0 Å². The number of amides is 1. The molecule has 3 aromatic rings. The lowest BCUT2D eigenvalue weighted by atomic mass is 10.1. The number of hydrogen-bond acceptors (Lipinski definition) is 7. The van der Waals surface area contributed by atoms with Crippen LogP contribution < -0.4 is 28.6 Å². The summed E-state index contributed by atoms with van der Waals surface area (Å²) in [6.07, 6.45) is 0. The standard InChI is InChI=1S/C26H25FN2O7S/c1-17(18-2-8-22-24(14-18)35-12-10-33-22)28-26(30)16-29(20-5-3-19(27)4-6-20)37(31,32)21-7-9-23-25(15-21)36-13-11-34-23/h2-9,14-15,17H,10-13,16H2,1H3,(H,28,30). The molecule has 194 valence electrons. The first-order valence-corrected chi connectivity index (χ1v) is 13.1. The SMILES string of the molecule is CC(NC(=O)CN(c1ccc(F)cc1)S(=O)(=O)c1ccc2c(c1)OCCO2)c1ccc2c(c1)OCCO2. The van der Waals surface area contributed by atoms with Gasteiger partial charge in [0.15, 0.2) is 23.0 Å². The number of nitrogens with one attached hydrogen (secondary N) is 1. The largest absolute Gasteiger partial charge is 0.486 e. The summed E-state index contributed by atoms with van der Waals surface area (Å²) in [5.74, 6) is 0.859. The summed E-state index contributed by atoms with van der Waals surface area (Å²) in [5.41, 5.74) is 0.902. The van der Waals surface area contributed by atoms with Crippen LogP contribution in [-0.4, -0.2) is 47.3 Å². The summed E-state index contributed by atoms with van der Waals surface area (Å²) in [7, 11) is -4.23. The second-order valence-corrected chi connectivity index (χ2v) is 10.3. The Morgan fingerprint density at radius 1 is 0.865 bits per heavy atom. The van der Waals surface area contributed by atoms with E-state index >= 15 is 0 Å². The molecule has 37 heavy (non-hydrogen) atoms. The molecule has 0 aromatic heterocycles. The number of nitrogens with zero attached hydrogens (tertiary/aromatic N) is 1. The molecule has 0 spiro atoms. The summed E-state index contributed by atoms with van der Waals surface area (Å²) in [6.45, 7) is 2.80. The second-order valence-electron chi connectivity index (χ2n) is 8.49. The van der Waals surface area contributed by atoms with Crippen molar-refractivity contribution in [3.8, 4) is 23.0 Å². The van der Waals surface area contributed by atoms with Gasteiger partial charge in [-0.25, -0.2) is 12.8 Å². The third kappa shape index (κ3) is 5.26. The van der Waals surface area contributed by atoms with Gasteiger partial charge in [-0.05, 0) is 61.0 Å². The average Bonchev–Trinajstić information content (AvgIpc) is 2.91. The number of carbonyl (C=O) groups excluding carboxylic acids is 1. The van der Waals surface area contributed by atoms with E-state index in [1.807, 2.05) is 6.07 Å². The molecule has 2 aliphatic rings. The molecule has 2 heterocycles. The quantitative estimate of drug-likeness (QED) is 0.501. The van der Waals surface area contributed by atoms with Crippen molar-refractivity contribution in [3.63, 3.8) is 0 Å². The minimum atomic E-state index is -4.23. The van der Waals surface area contributed by atoms with Gasteiger partial charge in [0.1, 0.15) is 38.8 Å². The molecule has 11 heteroatoms. The number of fused-ring (bicyclic) bond motifs is 2. The topological polar surface area (TPSA) is 103 Å². The number of benzene rings is 3. The van der Waals surface area contributed by atoms with Crippen LogP contribution in [0.5, 0.6) is 23.0 Å². The van der Waals surface area contributed by atoms with Gasteiger partial charge < -0.3 is 24.3 Å². The third-order valence-corrected chi connectivity index (χ3v) is 7.72. The van der Waals surface area contributed by atoms with Crippen molar-refractivity contribution >= 4 is 21.6 Å². The second kappa shape index (κ2) is 10.2. The van der Waals surface area contributed by atoms with Gasteiger partial charge in [0.05, 0.1) is 16.6 Å². The van der Waals surface area contributed by atoms with Crippen molar-refractivity contribution in [2.75, 3.05) is 37.3 Å². The highest BCUT2D eigenvalue weighted by Gasteiger charge is 2.29. The van der Waals surface area contributed by atoms with E-state index in [-0.39, 0.29) is 10.6 Å². The van der Waals surface area contributed by atoms with Gasteiger partial charge in [0, 0.05) is 6.07 Å². The number of carbonyl (C=O) groups is 1. The molecular weight excluding hydrogens is 503 g/mol. The lowest BCUT2D eigenvalue weighted by Crippen LogP contribution is -2.41. The van der Waals surface area contributed by atoms with Gasteiger partial charge in [-0.1, -0.05) is 6.07 Å². The summed E-state index contributed by atoms with van der Waals surface area (Å²) >= 11 is 0. The van der Waals surface area contributed by atoms with E-state index < -0.39 is 34.3 Å². The lowest BCUT2D eigenvalue weighted by Gasteiger charge is -2.26. The van der Waals surface area contributed by atoms with Gasteiger partial charge in [-0.15, -0.1) is 0 Å². The average molecular weight is 529 g/mol. The fourth-order valence-electron chi connectivity index (χ4n) is 4.06. The first-order chi connectivity index (χ1) is 17.8. The normalized spacial score (nSPS) is 15.0. The van der Waals surface area contributed by atoms with Crippen LogP contribution in [0.2, 0.25) is 0 Å². The van der Waals surface area contributed by atoms with Crippen LogP contribution in [0.15, 0.2) is 65.6 Å². The lowest BCUT2D eigenvalue weighted by molar-refractivity contribution is -0.120. The Balaban J connectivity index is 1.39. The zero-order chi connectivity index (χ0) is 26.0.